The normalized spacial score (nSPS) is 10.4. The summed E-state index contributed by atoms with van der Waals surface area (Å²) in [6.45, 7) is 1.78. The molecule has 0 saturated heterocycles. The van der Waals surface area contributed by atoms with E-state index in [9.17, 15) is 14.5 Å². The summed E-state index contributed by atoms with van der Waals surface area (Å²) in [6.07, 6.45) is 0. The summed E-state index contributed by atoms with van der Waals surface area (Å²) in [5.41, 5.74) is 1.87. The van der Waals surface area contributed by atoms with Crippen LogP contribution in [0, 0.1) is 22.9 Å². The minimum atomic E-state index is -0.438. The Morgan fingerprint density at radius 3 is 2.76 bits per heavy atom. The van der Waals surface area contributed by atoms with E-state index in [2.05, 4.69) is 0 Å². The van der Waals surface area contributed by atoms with Crippen LogP contribution in [-0.4, -0.2) is 4.92 Å². The summed E-state index contributed by atoms with van der Waals surface area (Å²) in [5.74, 6) is 0.0970. The summed E-state index contributed by atoms with van der Waals surface area (Å²) < 4.78 is 18.9. The fourth-order valence-corrected chi connectivity index (χ4v) is 2.12. The number of nitro groups is 1. The third-order valence-electron chi connectivity index (χ3n) is 3.09. The first-order valence-electron chi connectivity index (χ1n) is 6.22. The Morgan fingerprint density at radius 1 is 1.33 bits per heavy atom. The molecule has 0 atom stereocenters. The lowest BCUT2D eigenvalue weighted by Gasteiger charge is -2.10. The Balaban J connectivity index is 2.19. The highest BCUT2D eigenvalue weighted by molar-refractivity contribution is 6.17. The van der Waals surface area contributed by atoms with Gasteiger partial charge in [0.05, 0.1) is 4.92 Å². The fourth-order valence-electron chi connectivity index (χ4n) is 1.97. The monoisotopic (exact) mass is 309 g/mol. The molecule has 2 aromatic rings. The summed E-state index contributed by atoms with van der Waals surface area (Å²) in [6, 6.07) is 9.00. The van der Waals surface area contributed by atoms with Gasteiger partial charge in [0, 0.05) is 23.6 Å². The zero-order chi connectivity index (χ0) is 15.4. The minimum absolute atomic E-state index is 0.0387. The van der Waals surface area contributed by atoms with Gasteiger partial charge in [0.15, 0.2) is 0 Å². The number of halogens is 2. The molecule has 110 valence electrons. The molecule has 0 fully saturated rings. The van der Waals surface area contributed by atoms with Gasteiger partial charge in [-0.15, -0.1) is 11.6 Å². The van der Waals surface area contributed by atoms with Crippen molar-refractivity contribution < 1.29 is 14.1 Å². The van der Waals surface area contributed by atoms with Gasteiger partial charge in [-0.05, 0) is 30.2 Å². The predicted octanol–water partition coefficient (Wildman–Crippen LogP) is 4.36. The van der Waals surface area contributed by atoms with Crippen molar-refractivity contribution in [2.24, 2.45) is 0 Å². The molecule has 0 bridgehead atoms. The largest absolute Gasteiger partial charge is 0.489 e. The van der Waals surface area contributed by atoms with E-state index in [-0.39, 0.29) is 18.2 Å². The maximum atomic E-state index is 13.4. The van der Waals surface area contributed by atoms with Gasteiger partial charge in [0.1, 0.15) is 18.2 Å². The summed E-state index contributed by atoms with van der Waals surface area (Å²) in [5, 5.41) is 10.9. The van der Waals surface area contributed by atoms with Crippen LogP contribution in [0.1, 0.15) is 16.7 Å². The third kappa shape index (κ3) is 3.70. The van der Waals surface area contributed by atoms with Gasteiger partial charge in [-0.3, -0.25) is 10.1 Å². The van der Waals surface area contributed by atoms with Crippen LogP contribution in [0.5, 0.6) is 5.75 Å². The number of rotatable bonds is 5. The summed E-state index contributed by atoms with van der Waals surface area (Å²) in [7, 11) is 0. The van der Waals surface area contributed by atoms with Crippen LogP contribution in [0.4, 0.5) is 10.1 Å². The van der Waals surface area contributed by atoms with E-state index in [1.165, 1.54) is 18.2 Å². The van der Waals surface area contributed by atoms with E-state index in [1.54, 1.807) is 25.1 Å². The Bertz CT molecular complexity index is 676. The lowest BCUT2D eigenvalue weighted by Crippen LogP contribution is -2.01. The van der Waals surface area contributed by atoms with Crippen LogP contribution in [0.3, 0.4) is 0 Å². The first kappa shape index (κ1) is 15.3. The molecular formula is C15H13ClFNO3. The number of hydrogen-bond acceptors (Lipinski definition) is 3. The number of ether oxygens (including phenoxy) is 1. The van der Waals surface area contributed by atoms with Gasteiger partial charge in [0.2, 0.25) is 0 Å². The van der Waals surface area contributed by atoms with Gasteiger partial charge in [-0.25, -0.2) is 4.39 Å². The molecule has 0 saturated carbocycles. The number of alkyl halides is 1. The zero-order valence-corrected chi connectivity index (χ0v) is 12.1. The maximum absolute atomic E-state index is 13.4. The molecule has 0 heterocycles. The highest BCUT2D eigenvalue weighted by Crippen LogP contribution is 2.24. The Morgan fingerprint density at radius 2 is 2.10 bits per heavy atom. The zero-order valence-electron chi connectivity index (χ0n) is 11.3. The molecule has 21 heavy (non-hydrogen) atoms. The van der Waals surface area contributed by atoms with Gasteiger partial charge in [0.25, 0.3) is 5.69 Å². The highest BCUT2D eigenvalue weighted by Gasteiger charge is 2.13. The standard InChI is InChI=1S/C15H13ClFNO3/c1-10-12(3-2-4-15(10)18(19)20)9-21-14-6-11(8-16)5-13(17)7-14/h2-7H,8-9H2,1H3. The smallest absolute Gasteiger partial charge is 0.272 e. The maximum Gasteiger partial charge on any atom is 0.272 e. The second-order valence-corrected chi connectivity index (χ2v) is 4.80. The minimum Gasteiger partial charge on any atom is -0.489 e. The fraction of sp³-hybridized carbons (Fsp3) is 0.200. The average molecular weight is 310 g/mol. The SMILES string of the molecule is Cc1c(COc2cc(F)cc(CCl)c2)cccc1[N+](=O)[O-]. The molecule has 0 aliphatic carbocycles. The van der Waals surface area contributed by atoms with Crippen molar-refractivity contribution in [2.45, 2.75) is 19.4 Å². The Hall–Kier alpha value is -2.14. The first-order valence-corrected chi connectivity index (χ1v) is 6.76. The van der Waals surface area contributed by atoms with Gasteiger partial charge >= 0.3 is 0 Å². The van der Waals surface area contributed by atoms with Crippen LogP contribution >= 0.6 is 11.6 Å². The van der Waals surface area contributed by atoms with Crippen molar-refractivity contribution in [1.29, 1.82) is 0 Å². The molecule has 0 radical (unpaired) electrons. The topological polar surface area (TPSA) is 52.4 Å². The molecule has 2 rings (SSSR count). The molecule has 2 aromatic carbocycles. The van der Waals surface area contributed by atoms with E-state index >= 15 is 0 Å². The van der Waals surface area contributed by atoms with E-state index in [0.29, 0.717) is 22.4 Å². The predicted molar refractivity (Wildman–Crippen MR) is 78.1 cm³/mol. The van der Waals surface area contributed by atoms with E-state index in [1.807, 2.05) is 0 Å². The highest BCUT2D eigenvalue weighted by atomic mass is 35.5. The van der Waals surface area contributed by atoms with Crippen LogP contribution in [0.25, 0.3) is 0 Å². The second kappa shape index (κ2) is 6.54. The number of benzene rings is 2. The second-order valence-electron chi connectivity index (χ2n) is 4.54. The third-order valence-corrected chi connectivity index (χ3v) is 3.40. The Kier molecular flexibility index (Phi) is 4.75. The quantitative estimate of drug-likeness (QED) is 0.468. The van der Waals surface area contributed by atoms with Gasteiger partial charge in [-0.2, -0.15) is 0 Å². The van der Waals surface area contributed by atoms with Crippen LogP contribution in [0.15, 0.2) is 36.4 Å². The van der Waals surface area contributed by atoms with E-state index in [0.717, 1.165) is 0 Å². The van der Waals surface area contributed by atoms with Gasteiger partial charge < -0.3 is 4.74 Å². The lowest BCUT2D eigenvalue weighted by molar-refractivity contribution is -0.385. The van der Waals surface area contributed by atoms with E-state index < -0.39 is 10.7 Å². The Labute approximate surface area is 126 Å². The molecule has 6 heteroatoms. The van der Waals surface area contributed by atoms with Crippen molar-refractivity contribution in [1.82, 2.24) is 0 Å². The van der Waals surface area contributed by atoms with Crippen LogP contribution in [-0.2, 0) is 12.5 Å². The van der Waals surface area contributed by atoms with Crippen molar-refractivity contribution in [3.05, 3.63) is 69.0 Å². The van der Waals surface area contributed by atoms with E-state index in [4.69, 9.17) is 16.3 Å². The molecule has 0 N–H and O–H groups in total. The molecule has 0 aliphatic rings. The van der Waals surface area contributed by atoms with Crippen molar-refractivity contribution in [3.63, 3.8) is 0 Å². The van der Waals surface area contributed by atoms with Gasteiger partial charge in [-0.1, -0.05) is 12.1 Å². The van der Waals surface area contributed by atoms with Crippen LogP contribution < -0.4 is 4.74 Å². The number of nitro benzene ring substituents is 1. The molecular weight excluding hydrogens is 297 g/mol. The molecule has 0 spiro atoms. The molecule has 0 aliphatic heterocycles. The average Bonchev–Trinajstić information content (AvgIpc) is 2.45. The molecule has 0 amide bonds. The number of hydrogen-bond donors (Lipinski definition) is 0. The number of nitrogens with zero attached hydrogens (tertiary/aromatic N) is 1. The van der Waals surface area contributed by atoms with Crippen molar-refractivity contribution >= 4 is 17.3 Å². The summed E-state index contributed by atoms with van der Waals surface area (Å²) in [4.78, 5) is 10.4. The van der Waals surface area contributed by atoms with Crippen molar-refractivity contribution in [3.8, 4) is 5.75 Å². The first-order chi connectivity index (χ1) is 10.0. The van der Waals surface area contributed by atoms with Crippen LogP contribution in [0.2, 0.25) is 0 Å². The summed E-state index contributed by atoms with van der Waals surface area (Å²) >= 11 is 5.67. The molecule has 0 unspecified atom stereocenters. The molecule has 0 aromatic heterocycles. The van der Waals surface area contributed by atoms with Crippen molar-refractivity contribution in [2.75, 3.05) is 0 Å². The molecule has 4 nitrogen and oxygen atoms in total. The lowest BCUT2D eigenvalue weighted by atomic mass is 10.1.